The lowest BCUT2D eigenvalue weighted by Crippen LogP contribution is -2.21. The number of benzene rings is 1. The average Bonchev–Trinajstić information content (AvgIpc) is 2.82. The molecule has 1 aromatic carbocycles. The van der Waals surface area contributed by atoms with Gasteiger partial charge in [0, 0.05) is 0 Å². The van der Waals surface area contributed by atoms with Crippen molar-refractivity contribution in [1.29, 1.82) is 0 Å². The predicted octanol–water partition coefficient (Wildman–Crippen LogP) is 1.81. The fourth-order valence-electron chi connectivity index (χ4n) is 2.31. The Morgan fingerprint density at radius 1 is 1.38 bits per heavy atom. The number of carboxylic acid groups (broad SMARTS) is 1. The number of carboxylic acids is 1. The van der Waals surface area contributed by atoms with Gasteiger partial charge in [0.05, 0.1) is 0 Å². The van der Waals surface area contributed by atoms with Gasteiger partial charge in [0.1, 0.15) is 5.75 Å². The van der Waals surface area contributed by atoms with Crippen molar-refractivity contribution in [1.82, 2.24) is 5.32 Å². The molecule has 24 heavy (non-hydrogen) atoms. The van der Waals surface area contributed by atoms with Crippen LogP contribution in [0.25, 0.3) is 6.08 Å². The molecule has 1 aliphatic rings. The summed E-state index contributed by atoms with van der Waals surface area (Å²) in [7, 11) is -0.458. The van der Waals surface area contributed by atoms with Gasteiger partial charge in [0.15, 0.2) is 6.61 Å². The lowest BCUT2D eigenvalue weighted by molar-refractivity contribution is -0.139. The Labute approximate surface area is 147 Å². The highest BCUT2D eigenvalue weighted by Gasteiger charge is 2.07. The molecule has 0 saturated heterocycles. The van der Waals surface area contributed by atoms with Crippen LogP contribution in [0.5, 0.6) is 5.75 Å². The first-order valence-electron chi connectivity index (χ1n) is 7.18. The molecule has 2 rings (SSSR count). The van der Waals surface area contributed by atoms with Gasteiger partial charge in [-0.15, -0.1) is 5.37 Å². The van der Waals surface area contributed by atoms with Gasteiger partial charge in [-0.1, -0.05) is 31.3 Å². The molecule has 2 N–H and O–H groups in total. The third-order valence-corrected chi connectivity index (χ3v) is 5.75. The van der Waals surface area contributed by atoms with Crippen LogP contribution in [0, 0.1) is 13.8 Å². The summed E-state index contributed by atoms with van der Waals surface area (Å²) >= 11 is 5.16. The van der Waals surface area contributed by atoms with Crippen molar-refractivity contribution in [2.24, 2.45) is 0 Å². The molecule has 5 nitrogen and oxygen atoms in total. The average molecular weight is 364 g/mol. The lowest BCUT2D eigenvalue weighted by atomic mass is 10.1. The first-order valence-corrected chi connectivity index (χ1v) is 8.88. The molecule has 1 amide bonds. The summed E-state index contributed by atoms with van der Waals surface area (Å²) in [6.07, 6.45) is 3.89. The molecular weight excluding hydrogens is 346 g/mol. The molecular formula is C17H18NO4S2-. The Kier molecular flexibility index (Phi) is 5.80. The van der Waals surface area contributed by atoms with Gasteiger partial charge in [-0.2, -0.15) is 4.86 Å². The standard InChI is InChI=1S/C17H18NO4S2/c1-10-6-13(7-11(2)16(10)22-8-15(20)21)5-4-12(3)24-9-14(19)18-17(24)23/h4-7,9H,8H2,1-3H3,(H,20,21)(H,18,19,23)/q-1. The van der Waals surface area contributed by atoms with Gasteiger partial charge < -0.3 is 25.2 Å². The second-order valence-corrected chi connectivity index (χ2v) is 7.97. The second-order valence-electron chi connectivity index (χ2n) is 5.34. The van der Waals surface area contributed by atoms with Gasteiger partial charge in [0.2, 0.25) is 5.91 Å². The molecule has 1 heterocycles. The van der Waals surface area contributed by atoms with Crippen molar-refractivity contribution < 1.29 is 19.4 Å². The third-order valence-electron chi connectivity index (χ3n) is 3.33. The van der Waals surface area contributed by atoms with E-state index in [4.69, 9.17) is 22.1 Å². The summed E-state index contributed by atoms with van der Waals surface area (Å²) in [5.74, 6) is -0.559. The van der Waals surface area contributed by atoms with Gasteiger partial charge in [-0.3, -0.25) is 4.79 Å². The molecule has 0 spiro atoms. The summed E-state index contributed by atoms with van der Waals surface area (Å²) in [6, 6.07) is 3.86. The number of allylic oxidation sites excluding steroid dienone is 1. The number of amides is 1. The Bertz CT molecular complexity index is 823. The van der Waals surface area contributed by atoms with Crippen LogP contribution in [-0.2, 0) is 19.7 Å². The number of nitrogens with one attached hydrogen (secondary N) is 1. The number of hydrogen-bond acceptors (Lipinski definition) is 5. The fourth-order valence-corrected chi connectivity index (χ4v) is 4.24. The maximum Gasteiger partial charge on any atom is 0.341 e. The van der Waals surface area contributed by atoms with Crippen molar-refractivity contribution in [2.45, 2.75) is 20.8 Å². The lowest BCUT2D eigenvalue weighted by Gasteiger charge is -2.12. The van der Waals surface area contributed by atoms with Crippen molar-refractivity contribution >= 4 is 54.8 Å². The predicted molar refractivity (Wildman–Crippen MR) is 103 cm³/mol. The molecule has 0 fully saturated rings. The Morgan fingerprint density at radius 3 is 2.50 bits per heavy atom. The highest BCUT2D eigenvalue weighted by Crippen LogP contribution is 2.25. The van der Waals surface area contributed by atoms with E-state index in [1.54, 1.807) is 5.37 Å². The monoisotopic (exact) mass is 364 g/mol. The zero-order chi connectivity index (χ0) is 17.9. The summed E-state index contributed by atoms with van der Waals surface area (Å²) in [5, 5.41) is 12.9. The Hall–Kier alpha value is -2.12. The van der Waals surface area contributed by atoms with Crippen LogP contribution in [0.3, 0.4) is 0 Å². The number of aliphatic carboxylic acids is 1. The second kappa shape index (κ2) is 7.63. The number of rotatable bonds is 5. The molecule has 0 unspecified atom stereocenters. The molecule has 0 atom stereocenters. The minimum Gasteiger partial charge on any atom is -0.481 e. The van der Waals surface area contributed by atoms with E-state index in [1.165, 1.54) is 0 Å². The largest absolute Gasteiger partial charge is 0.481 e. The van der Waals surface area contributed by atoms with Gasteiger partial charge in [-0.05, 0) is 47.0 Å². The summed E-state index contributed by atoms with van der Waals surface area (Å²) in [6.45, 7) is 5.33. The smallest absolute Gasteiger partial charge is 0.341 e. The first-order chi connectivity index (χ1) is 11.3. The zero-order valence-electron chi connectivity index (χ0n) is 13.6. The Morgan fingerprint density at radius 2 is 2.00 bits per heavy atom. The maximum atomic E-state index is 11.3. The normalized spacial score (nSPS) is 17.6. The van der Waals surface area contributed by atoms with E-state index in [9.17, 15) is 9.59 Å². The number of thiocarbonyl (C=S) groups is 1. The maximum absolute atomic E-state index is 11.3. The van der Waals surface area contributed by atoms with Crippen LogP contribution in [0.4, 0.5) is 0 Å². The van der Waals surface area contributed by atoms with Crippen LogP contribution in [0.15, 0.2) is 18.2 Å². The molecule has 128 valence electrons. The number of carbonyl (C=O) groups excluding carboxylic acids is 1. The first kappa shape index (κ1) is 18.2. The molecule has 1 aliphatic heterocycles. The van der Waals surface area contributed by atoms with E-state index in [0.29, 0.717) is 10.1 Å². The molecule has 0 aliphatic carbocycles. The number of carbonyl (C=O) groups is 2. The molecule has 0 bridgehead atoms. The van der Waals surface area contributed by atoms with Crippen molar-refractivity contribution in [3.63, 3.8) is 0 Å². The van der Waals surface area contributed by atoms with E-state index in [-0.39, 0.29) is 12.5 Å². The highest BCUT2D eigenvalue weighted by atomic mass is 32.2. The minimum atomic E-state index is -1.00. The topological polar surface area (TPSA) is 75.6 Å². The molecule has 0 aromatic heterocycles. The molecule has 0 saturated carbocycles. The third kappa shape index (κ3) is 4.46. The van der Waals surface area contributed by atoms with E-state index in [1.807, 2.05) is 45.1 Å². The van der Waals surface area contributed by atoms with Crippen LogP contribution >= 0.6 is 12.2 Å². The summed E-state index contributed by atoms with van der Waals surface area (Å²) < 4.78 is 5.87. The van der Waals surface area contributed by atoms with Crippen LogP contribution in [0.1, 0.15) is 23.6 Å². The summed E-state index contributed by atoms with van der Waals surface area (Å²) in [5.41, 5.74) is 2.71. The van der Waals surface area contributed by atoms with E-state index < -0.39 is 16.0 Å². The van der Waals surface area contributed by atoms with Crippen LogP contribution in [-0.4, -0.2) is 38.1 Å². The van der Waals surface area contributed by atoms with Crippen LogP contribution < -0.4 is 10.1 Å². The molecule has 7 heteroatoms. The number of aryl methyl sites for hydroxylation is 2. The number of ether oxygens (including phenoxy) is 1. The Balaban J connectivity index is 2.26. The number of hydrogen-bond donors (Lipinski definition) is 2. The molecule has 0 radical (unpaired) electrons. The van der Waals surface area contributed by atoms with Crippen molar-refractivity contribution in [3.8, 4) is 5.75 Å². The van der Waals surface area contributed by atoms with Crippen LogP contribution in [0.2, 0.25) is 0 Å². The van der Waals surface area contributed by atoms with E-state index in [2.05, 4.69) is 5.32 Å². The van der Waals surface area contributed by atoms with Gasteiger partial charge in [0.25, 0.3) is 0 Å². The summed E-state index contributed by atoms with van der Waals surface area (Å²) in [4.78, 5) is 23.0. The van der Waals surface area contributed by atoms with Gasteiger partial charge >= 0.3 is 5.97 Å². The van der Waals surface area contributed by atoms with Crippen molar-refractivity contribution in [3.05, 3.63) is 34.9 Å². The van der Waals surface area contributed by atoms with E-state index >= 15 is 0 Å². The fraction of sp³-hybridized carbons (Fsp3) is 0.235. The highest BCUT2D eigenvalue weighted by molar-refractivity contribution is 8.19. The van der Waals surface area contributed by atoms with E-state index in [0.717, 1.165) is 21.6 Å². The molecule has 1 aromatic rings. The zero-order valence-corrected chi connectivity index (χ0v) is 15.2. The quantitative estimate of drug-likeness (QED) is 0.473. The minimum absolute atomic E-state index is 0.150. The van der Waals surface area contributed by atoms with Gasteiger partial charge in [-0.25, -0.2) is 4.79 Å². The van der Waals surface area contributed by atoms with Crippen molar-refractivity contribution in [2.75, 3.05) is 6.61 Å². The SMILES string of the molecule is CC(C=Cc1cc(C)c(OCC(=O)O)c(C)c1)=[S-]1=CC(=O)NC1=S.